The van der Waals surface area contributed by atoms with Gasteiger partial charge in [-0.25, -0.2) is 0 Å². The molecule has 0 aliphatic heterocycles. The van der Waals surface area contributed by atoms with Crippen molar-refractivity contribution in [3.05, 3.63) is 48.6 Å². The Hall–Kier alpha value is -2.63. The Morgan fingerprint density at radius 3 is 0.781 bits per heavy atom. The molecule has 0 N–H and O–H groups in total. The molecular weight excluding hydrogens is 901 g/mol. The van der Waals surface area contributed by atoms with Crippen LogP contribution < -0.4 is 0 Å². The summed E-state index contributed by atoms with van der Waals surface area (Å²) in [6.07, 6.45) is 76.8. The molecule has 6 nitrogen and oxygen atoms in total. The maximum Gasteiger partial charge on any atom is 0.306 e. The average molecular weight is 1020 g/mol. The summed E-state index contributed by atoms with van der Waals surface area (Å²) in [7, 11) is 0. The highest BCUT2D eigenvalue weighted by Gasteiger charge is 2.19. The molecule has 0 saturated heterocycles. The van der Waals surface area contributed by atoms with Crippen LogP contribution in [-0.2, 0) is 28.6 Å². The molecule has 73 heavy (non-hydrogen) atoms. The molecule has 0 aromatic carbocycles. The van der Waals surface area contributed by atoms with Crippen LogP contribution in [-0.4, -0.2) is 37.2 Å². The van der Waals surface area contributed by atoms with E-state index in [1.807, 2.05) is 0 Å². The summed E-state index contributed by atoms with van der Waals surface area (Å²) in [4.78, 5) is 38.3. The first kappa shape index (κ1) is 70.4. The van der Waals surface area contributed by atoms with E-state index in [1.54, 1.807) is 0 Å². The van der Waals surface area contributed by atoms with E-state index in [2.05, 4.69) is 69.4 Å². The van der Waals surface area contributed by atoms with E-state index in [0.29, 0.717) is 19.3 Å². The third-order valence-electron chi connectivity index (χ3n) is 14.3. The second kappa shape index (κ2) is 61.9. The largest absolute Gasteiger partial charge is 0.462 e. The van der Waals surface area contributed by atoms with Gasteiger partial charge in [-0.05, 0) is 83.5 Å². The summed E-state index contributed by atoms with van der Waals surface area (Å²) < 4.78 is 16.9. The quantitative estimate of drug-likeness (QED) is 0.0261. The molecule has 0 amide bonds. The second-order valence-electron chi connectivity index (χ2n) is 21.7. The van der Waals surface area contributed by atoms with Crippen LogP contribution >= 0.6 is 0 Å². The van der Waals surface area contributed by atoms with E-state index in [1.165, 1.54) is 225 Å². The zero-order chi connectivity index (χ0) is 52.9. The van der Waals surface area contributed by atoms with E-state index >= 15 is 0 Å². The van der Waals surface area contributed by atoms with E-state index in [-0.39, 0.29) is 31.1 Å². The Morgan fingerprint density at radius 1 is 0.274 bits per heavy atom. The number of carbonyl (C=O) groups is 3. The zero-order valence-electron chi connectivity index (χ0n) is 48.9. The van der Waals surface area contributed by atoms with E-state index in [4.69, 9.17) is 14.2 Å². The normalized spacial score (nSPS) is 12.3. The third-order valence-corrected chi connectivity index (χ3v) is 14.3. The first-order valence-electron chi connectivity index (χ1n) is 32.1. The van der Waals surface area contributed by atoms with Gasteiger partial charge in [0, 0.05) is 19.3 Å². The molecule has 0 fully saturated rings. The van der Waals surface area contributed by atoms with Crippen molar-refractivity contribution in [2.24, 2.45) is 0 Å². The molecule has 426 valence electrons. The maximum absolute atomic E-state index is 12.9. The van der Waals surface area contributed by atoms with Crippen molar-refractivity contribution < 1.29 is 28.6 Å². The molecule has 1 unspecified atom stereocenters. The van der Waals surface area contributed by atoms with Gasteiger partial charge in [-0.1, -0.05) is 288 Å². The standard InChI is InChI=1S/C67H122O6/c1-4-7-10-13-16-19-22-25-28-30-31-32-33-34-35-36-37-38-40-42-45-48-51-54-57-60-66(69)72-63-64(62-71-65(68)59-56-53-50-47-44-41-27-24-21-18-15-12-9-6-3)73-67(70)61-58-55-52-49-46-43-39-29-26-23-20-17-14-11-8-5-2/h22,25,29-31,33-34,39,64H,4-21,23-24,26-28,32,35-38,40-63H2,1-3H3/b25-22-,31-30-,34-33-,39-29-. The molecule has 6 heteroatoms. The van der Waals surface area contributed by atoms with Gasteiger partial charge < -0.3 is 14.2 Å². The van der Waals surface area contributed by atoms with Crippen LogP contribution in [0.25, 0.3) is 0 Å². The number of carbonyl (C=O) groups excluding carboxylic acids is 3. The molecule has 0 saturated carbocycles. The summed E-state index contributed by atoms with van der Waals surface area (Å²) in [5, 5.41) is 0. The Kier molecular flexibility index (Phi) is 59.7. The van der Waals surface area contributed by atoms with Gasteiger partial charge in [0.2, 0.25) is 0 Å². The van der Waals surface area contributed by atoms with Crippen molar-refractivity contribution in [2.75, 3.05) is 13.2 Å². The average Bonchev–Trinajstić information content (AvgIpc) is 3.39. The minimum absolute atomic E-state index is 0.0738. The first-order chi connectivity index (χ1) is 36.0. The van der Waals surface area contributed by atoms with E-state index < -0.39 is 6.10 Å². The van der Waals surface area contributed by atoms with Crippen LogP contribution in [0.15, 0.2) is 48.6 Å². The molecular formula is C67H122O6. The lowest BCUT2D eigenvalue weighted by molar-refractivity contribution is -0.167. The molecule has 1 atom stereocenters. The monoisotopic (exact) mass is 1020 g/mol. The van der Waals surface area contributed by atoms with E-state index in [9.17, 15) is 14.4 Å². The van der Waals surface area contributed by atoms with Gasteiger partial charge in [-0.3, -0.25) is 14.4 Å². The first-order valence-corrected chi connectivity index (χ1v) is 32.1. The highest BCUT2D eigenvalue weighted by molar-refractivity contribution is 5.71. The fourth-order valence-electron chi connectivity index (χ4n) is 9.45. The minimum atomic E-state index is -0.777. The summed E-state index contributed by atoms with van der Waals surface area (Å²) in [5.41, 5.74) is 0. The number of allylic oxidation sites excluding steroid dienone is 8. The van der Waals surface area contributed by atoms with Gasteiger partial charge in [0.1, 0.15) is 13.2 Å². The summed E-state index contributed by atoms with van der Waals surface area (Å²) in [6, 6.07) is 0. The van der Waals surface area contributed by atoms with Gasteiger partial charge in [0.05, 0.1) is 0 Å². The highest BCUT2D eigenvalue weighted by Crippen LogP contribution is 2.17. The lowest BCUT2D eigenvalue weighted by Gasteiger charge is -2.18. The number of rotatable bonds is 59. The van der Waals surface area contributed by atoms with Gasteiger partial charge in [0.25, 0.3) is 0 Å². The number of esters is 3. The van der Waals surface area contributed by atoms with Crippen molar-refractivity contribution in [3.63, 3.8) is 0 Å². The molecule has 0 aliphatic carbocycles. The van der Waals surface area contributed by atoms with Crippen LogP contribution in [0.1, 0.15) is 342 Å². The van der Waals surface area contributed by atoms with Crippen LogP contribution in [0.5, 0.6) is 0 Å². The predicted octanol–water partition coefficient (Wildman–Crippen LogP) is 21.8. The molecule has 0 aromatic rings. The molecule has 0 heterocycles. The van der Waals surface area contributed by atoms with Crippen LogP contribution in [0, 0.1) is 0 Å². The molecule has 0 radical (unpaired) electrons. The highest BCUT2D eigenvalue weighted by atomic mass is 16.6. The molecule has 0 aliphatic rings. The zero-order valence-corrected chi connectivity index (χ0v) is 48.9. The van der Waals surface area contributed by atoms with Crippen LogP contribution in [0.2, 0.25) is 0 Å². The smallest absolute Gasteiger partial charge is 0.306 e. The number of hydrogen-bond donors (Lipinski definition) is 0. The summed E-state index contributed by atoms with van der Waals surface area (Å²) >= 11 is 0. The van der Waals surface area contributed by atoms with Crippen molar-refractivity contribution in [3.8, 4) is 0 Å². The predicted molar refractivity (Wildman–Crippen MR) is 316 cm³/mol. The summed E-state index contributed by atoms with van der Waals surface area (Å²) in [6.45, 7) is 6.66. The second-order valence-corrected chi connectivity index (χ2v) is 21.7. The number of hydrogen-bond acceptors (Lipinski definition) is 6. The molecule has 0 spiro atoms. The van der Waals surface area contributed by atoms with Gasteiger partial charge in [0.15, 0.2) is 6.10 Å². The molecule has 0 bridgehead atoms. The van der Waals surface area contributed by atoms with Gasteiger partial charge >= 0.3 is 17.9 Å². The third kappa shape index (κ3) is 60.1. The SMILES string of the molecule is CCCCCCC/C=C\C/C=C\C/C=C\CCCCCCCCCCCCC(=O)OCC(COC(=O)CCCCCCCCCCCCCCCC)OC(=O)CCCCCCC/C=C\CCCCCCCCC. The lowest BCUT2D eigenvalue weighted by Crippen LogP contribution is -2.30. The van der Waals surface area contributed by atoms with Gasteiger partial charge in [-0.2, -0.15) is 0 Å². The minimum Gasteiger partial charge on any atom is -0.462 e. The van der Waals surface area contributed by atoms with Crippen molar-refractivity contribution in [1.29, 1.82) is 0 Å². The topological polar surface area (TPSA) is 78.9 Å². The van der Waals surface area contributed by atoms with Crippen molar-refractivity contribution in [2.45, 2.75) is 348 Å². The van der Waals surface area contributed by atoms with Gasteiger partial charge in [-0.15, -0.1) is 0 Å². The van der Waals surface area contributed by atoms with Crippen molar-refractivity contribution >= 4 is 17.9 Å². The number of unbranched alkanes of at least 4 members (excludes halogenated alkanes) is 40. The Morgan fingerprint density at radius 2 is 0.493 bits per heavy atom. The van der Waals surface area contributed by atoms with Crippen LogP contribution in [0.3, 0.4) is 0 Å². The van der Waals surface area contributed by atoms with Crippen molar-refractivity contribution in [1.82, 2.24) is 0 Å². The van der Waals surface area contributed by atoms with E-state index in [0.717, 1.165) is 77.0 Å². The fraction of sp³-hybridized carbons (Fsp3) is 0.836. The molecule has 0 aromatic heterocycles. The number of ether oxygens (including phenoxy) is 3. The fourth-order valence-corrected chi connectivity index (χ4v) is 9.45. The van der Waals surface area contributed by atoms with Crippen LogP contribution in [0.4, 0.5) is 0 Å². The Balaban J connectivity index is 4.29. The molecule has 0 rings (SSSR count). The lowest BCUT2D eigenvalue weighted by atomic mass is 10.0. The summed E-state index contributed by atoms with van der Waals surface area (Å²) in [5.74, 6) is -0.866. The Bertz CT molecular complexity index is 1270. The maximum atomic E-state index is 12.9. The Labute approximate surface area is 454 Å².